The Morgan fingerprint density at radius 3 is 2.59 bits per heavy atom. The van der Waals surface area contributed by atoms with Crippen molar-refractivity contribution in [2.75, 3.05) is 6.54 Å². The Kier molecular flexibility index (Phi) is 4.69. The fraction of sp³-hybridized carbons (Fsp3) is 0.385. The number of hydrogen-bond acceptors (Lipinski definition) is 2. The summed E-state index contributed by atoms with van der Waals surface area (Å²) in [5, 5.41) is 9.28. The Hall–Kier alpha value is -1.84. The van der Waals surface area contributed by atoms with E-state index in [-0.39, 0.29) is 0 Å². The van der Waals surface area contributed by atoms with Crippen molar-refractivity contribution in [3.05, 3.63) is 35.4 Å². The molecular formula is C13H17NO3. The highest BCUT2D eigenvalue weighted by Gasteiger charge is 2.26. The lowest BCUT2D eigenvalue weighted by Crippen LogP contribution is -2.34. The van der Waals surface area contributed by atoms with E-state index in [1.54, 1.807) is 12.1 Å². The lowest BCUT2D eigenvalue weighted by molar-refractivity contribution is -0.146. The number of carbonyl (C=O) groups is 2. The van der Waals surface area contributed by atoms with Gasteiger partial charge in [-0.05, 0) is 24.5 Å². The monoisotopic (exact) mass is 235 g/mol. The van der Waals surface area contributed by atoms with Crippen LogP contribution in [0.1, 0.15) is 30.5 Å². The van der Waals surface area contributed by atoms with Gasteiger partial charge in [0.15, 0.2) is 6.04 Å². The van der Waals surface area contributed by atoms with E-state index in [0.717, 1.165) is 12.0 Å². The van der Waals surface area contributed by atoms with Gasteiger partial charge < -0.3 is 10.0 Å². The molecule has 4 nitrogen and oxygen atoms in total. The van der Waals surface area contributed by atoms with E-state index >= 15 is 0 Å². The van der Waals surface area contributed by atoms with Crippen LogP contribution in [-0.2, 0) is 9.59 Å². The summed E-state index contributed by atoms with van der Waals surface area (Å²) in [6.45, 7) is 4.20. The zero-order chi connectivity index (χ0) is 12.8. The van der Waals surface area contributed by atoms with Crippen molar-refractivity contribution in [1.29, 1.82) is 0 Å². The van der Waals surface area contributed by atoms with Crippen LogP contribution in [0.5, 0.6) is 0 Å². The molecule has 17 heavy (non-hydrogen) atoms. The fourth-order valence-electron chi connectivity index (χ4n) is 1.85. The third kappa shape index (κ3) is 3.06. The average molecular weight is 235 g/mol. The van der Waals surface area contributed by atoms with E-state index in [2.05, 4.69) is 0 Å². The number of carboxylic acids is 1. The van der Waals surface area contributed by atoms with Crippen molar-refractivity contribution < 1.29 is 14.7 Å². The lowest BCUT2D eigenvalue weighted by atomic mass is 10.0. The van der Waals surface area contributed by atoms with Crippen LogP contribution in [-0.4, -0.2) is 28.9 Å². The second kappa shape index (κ2) is 6.03. The van der Waals surface area contributed by atoms with Crippen molar-refractivity contribution in [2.24, 2.45) is 0 Å². The zero-order valence-electron chi connectivity index (χ0n) is 10.1. The molecule has 0 aliphatic carbocycles. The van der Waals surface area contributed by atoms with E-state index < -0.39 is 12.0 Å². The molecule has 1 rings (SSSR count). The molecule has 0 heterocycles. The SMILES string of the molecule is CCCN(C=O)C(C(=O)O)c1ccccc1C. The summed E-state index contributed by atoms with van der Waals surface area (Å²) >= 11 is 0. The third-order valence-corrected chi connectivity index (χ3v) is 2.67. The van der Waals surface area contributed by atoms with Crippen LogP contribution in [0.15, 0.2) is 24.3 Å². The molecule has 0 aliphatic heterocycles. The van der Waals surface area contributed by atoms with Crippen LogP contribution >= 0.6 is 0 Å². The second-order valence-electron chi connectivity index (χ2n) is 3.94. The van der Waals surface area contributed by atoms with Gasteiger partial charge in [0.05, 0.1) is 0 Å². The summed E-state index contributed by atoms with van der Waals surface area (Å²) in [6, 6.07) is 6.34. The molecule has 0 saturated heterocycles. The van der Waals surface area contributed by atoms with Gasteiger partial charge in [-0.25, -0.2) is 4.79 Å². The summed E-state index contributed by atoms with van der Waals surface area (Å²) in [6.07, 6.45) is 1.34. The van der Waals surface area contributed by atoms with Crippen LogP contribution < -0.4 is 0 Å². The van der Waals surface area contributed by atoms with Gasteiger partial charge in [-0.2, -0.15) is 0 Å². The summed E-state index contributed by atoms with van der Waals surface area (Å²) in [5.74, 6) is -1.00. The molecule has 1 N–H and O–H groups in total. The molecular weight excluding hydrogens is 218 g/mol. The highest BCUT2D eigenvalue weighted by atomic mass is 16.4. The topological polar surface area (TPSA) is 57.6 Å². The predicted molar refractivity (Wildman–Crippen MR) is 64.6 cm³/mol. The van der Waals surface area contributed by atoms with Crippen molar-refractivity contribution >= 4 is 12.4 Å². The fourth-order valence-corrected chi connectivity index (χ4v) is 1.85. The second-order valence-corrected chi connectivity index (χ2v) is 3.94. The van der Waals surface area contributed by atoms with Crippen molar-refractivity contribution in [1.82, 2.24) is 4.90 Å². The Morgan fingerprint density at radius 2 is 2.12 bits per heavy atom. The average Bonchev–Trinajstić information content (AvgIpc) is 2.30. The Bertz CT molecular complexity index is 403. The lowest BCUT2D eigenvalue weighted by Gasteiger charge is -2.26. The van der Waals surface area contributed by atoms with Gasteiger partial charge in [-0.1, -0.05) is 31.2 Å². The maximum Gasteiger partial charge on any atom is 0.331 e. The van der Waals surface area contributed by atoms with Gasteiger partial charge >= 0.3 is 5.97 Å². The molecule has 1 aromatic rings. The normalized spacial score (nSPS) is 11.9. The van der Waals surface area contributed by atoms with Gasteiger partial charge in [-0.3, -0.25) is 4.79 Å². The molecule has 1 amide bonds. The molecule has 1 unspecified atom stereocenters. The first-order chi connectivity index (χ1) is 8.11. The van der Waals surface area contributed by atoms with Gasteiger partial charge in [0.25, 0.3) is 0 Å². The molecule has 1 aromatic carbocycles. The van der Waals surface area contributed by atoms with Crippen LogP contribution in [0.2, 0.25) is 0 Å². The van der Waals surface area contributed by atoms with Crippen LogP contribution in [0.25, 0.3) is 0 Å². The predicted octanol–water partition coefficient (Wildman–Crippen LogP) is 1.99. The highest BCUT2D eigenvalue weighted by molar-refractivity contribution is 5.78. The molecule has 0 fully saturated rings. The molecule has 92 valence electrons. The quantitative estimate of drug-likeness (QED) is 0.767. The van der Waals surface area contributed by atoms with E-state index in [0.29, 0.717) is 18.5 Å². The van der Waals surface area contributed by atoms with Crippen molar-refractivity contribution in [2.45, 2.75) is 26.3 Å². The number of hydrogen-bond donors (Lipinski definition) is 1. The Labute approximate surface area is 101 Å². The third-order valence-electron chi connectivity index (χ3n) is 2.67. The molecule has 0 aromatic heterocycles. The van der Waals surface area contributed by atoms with Gasteiger partial charge in [0, 0.05) is 6.54 Å². The number of carboxylic acid groups (broad SMARTS) is 1. The number of benzene rings is 1. The maximum atomic E-state index is 11.3. The number of nitrogens with zero attached hydrogens (tertiary/aromatic N) is 1. The minimum Gasteiger partial charge on any atom is -0.479 e. The Morgan fingerprint density at radius 1 is 1.47 bits per heavy atom. The standard InChI is InChI=1S/C13H17NO3/c1-3-8-14(9-15)12(13(16)17)11-7-5-4-6-10(11)2/h4-7,9,12H,3,8H2,1-2H3,(H,16,17). The summed E-state index contributed by atoms with van der Waals surface area (Å²) in [5.41, 5.74) is 1.54. The largest absolute Gasteiger partial charge is 0.479 e. The van der Waals surface area contributed by atoms with E-state index in [9.17, 15) is 14.7 Å². The zero-order valence-corrected chi connectivity index (χ0v) is 10.1. The number of aryl methyl sites for hydroxylation is 1. The number of carbonyl (C=O) groups excluding carboxylic acids is 1. The van der Waals surface area contributed by atoms with E-state index in [1.807, 2.05) is 26.0 Å². The molecule has 0 saturated carbocycles. The van der Waals surface area contributed by atoms with E-state index in [4.69, 9.17) is 0 Å². The van der Waals surface area contributed by atoms with Gasteiger partial charge in [0.2, 0.25) is 6.41 Å². The minimum atomic E-state index is -1.00. The Balaban J connectivity index is 3.13. The number of amides is 1. The van der Waals surface area contributed by atoms with Crippen LogP contribution in [0, 0.1) is 6.92 Å². The molecule has 0 aliphatic rings. The first-order valence-corrected chi connectivity index (χ1v) is 5.61. The molecule has 0 spiro atoms. The van der Waals surface area contributed by atoms with Crippen molar-refractivity contribution in [3.8, 4) is 0 Å². The first-order valence-electron chi connectivity index (χ1n) is 5.61. The molecule has 4 heteroatoms. The van der Waals surface area contributed by atoms with Crippen LogP contribution in [0.4, 0.5) is 0 Å². The van der Waals surface area contributed by atoms with Crippen molar-refractivity contribution in [3.63, 3.8) is 0 Å². The number of aliphatic carboxylic acids is 1. The molecule has 0 bridgehead atoms. The summed E-state index contributed by atoms with van der Waals surface area (Å²) < 4.78 is 0. The van der Waals surface area contributed by atoms with E-state index in [1.165, 1.54) is 4.90 Å². The number of rotatable bonds is 6. The van der Waals surface area contributed by atoms with Gasteiger partial charge in [-0.15, -0.1) is 0 Å². The highest BCUT2D eigenvalue weighted by Crippen LogP contribution is 2.23. The summed E-state index contributed by atoms with van der Waals surface area (Å²) in [4.78, 5) is 23.6. The minimum absolute atomic E-state index is 0.439. The summed E-state index contributed by atoms with van der Waals surface area (Å²) in [7, 11) is 0. The molecule has 0 radical (unpaired) electrons. The first kappa shape index (κ1) is 13.2. The van der Waals surface area contributed by atoms with Gasteiger partial charge in [0.1, 0.15) is 0 Å². The van der Waals surface area contributed by atoms with Crippen LogP contribution in [0.3, 0.4) is 0 Å². The smallest absolute Gasteiger partial charge is 0.331 e. The maximum absolute atomic E-state index is 11.3. The molecule has 1 atom stereocenters.